The van der Waals surface area contributed by atoms with Crippen molar-refractivity contribution < 1.29 is 19.7 Å². The predicted octanol–water partition coefficient (Wildman–Crippen LogP) is 2.90. The number of rotatable bonds is 7. The van der Waals surface area contributed by atoms with E-state index in [4.69, 9.17) is 15.9 Å². The van der Waals surface area contributed by atoms with Gasteiger partial charge < -0.3 is 26.0 Å². The fourth-order valence-electron chi connectivity index (χ4n) is 4.06. The van der Waals surface area contributed by atoms with Crippen LogP contribution in [0.1, 0.15) is 34.3 Å². The van der Waals surface area contributed by atoms with Crippen LogP contribution in [0.4, 0.5) is 4.79 Å². The molecule has 0 spiro atoms. The molecule has 2 unspecified atom stereocenters. The van der Waals surface area contributed by atoms with Crippen molar-refractivity contribution in [2.75, 3.05) is 13.2 Å². The fourth-order valence-corrected chi connectivity index (χ4v) is 4.06. The van der Waals surface area contributed by atoms with Crippen LogP contribution in [0.25, 0.3) is 11.1 Å². The first kappa shape index (κ1) is 21.5. The molecule has 0 heterocycles. The maximum Gasteiger partial charge on any atom is 0.407 e. The van der Waals surface area contributed by atoms with E-state index >= 15 is 0 Å². The lowest BCUT2D eigenvalue weighted by atomic mass is 9.98. The van der Waals surface area contributed by atoms with E-state index in [2.05, 4.69) is 17.4 Å². The number of nitrogens with two attached hydrogens (primary N) is 1. The van der Waals surface area contributed by atoms with Gasteiger partial charge in [-0.3, -0.25) is 5.41 Å². The molecule has 2 atom stereocenters. The van der Waals surface area contributed by atoms with Crippen molar-refractivity contribution in [1.29, 1.82) is 5.41 Å². The lowest BCUT2D eigenvalue weighted by molar-refractivity contribution is 0.0185. The van der Waals surface area contributed by atoms with Crippen LogP contribution in [0, 0.1) is 5.41 Å². The third kappa shape index (κ3) is 4.34. The van der Waals surface area contributed by atoms with Crippen LogP contribution in [-0.2, 0) is 4.74 Å². The Hall–Kier alpha value is -3.68. The number of nitrogens with one attached hydrogen (secondary N) is 2. The summed E-state index contributed by atoms with van der Waals surface area (Å²) in [6.07, 6.45) is -3.17. The Kier molecular flexibility index (Phi) is 6.20. The van der Waals surface area contributed by atoms with Crippen molar-refractivity contribution >= 4 is 11.9 Å². The van der Waals surface area contributed by atoms with Gasteiger partial charge in [-0.25, -0.2) is 4.79 Å². The summed E-state index contributed by atoms with van der Waals surface area (Å²) in [6, 6.07) is 22.5. The van der Waals surface area contributed by atoms with E-state index in [1.807, 2.05) is 36.4 Å². The highest BCUT2D eigenvalue weighted by molar-refractivity contribution is 5.95. The van der Waals surface area contributed by atoms with Crippen LogP contribution >= 0.6 is 0 Å². The molecule has 4 rings (SSSR count). The number of amides is 1. The Balaban J connectivity index is 1.34. The van der Waals surface area contributed by atoms with Gasteiger partial charge in [0, 0.05) is 18.0 Å². The van der Waals surface area contributed by atoms with Crippen molar-refractivity contribution in [3.05, 3.63) is 95.1 Å². The summed E-state index contributed by atoms with van der Waals surface area (Å²) in [5, 5.41) is 30.7. The first-order valence-corrected chi connectivity index (χ1v) is 10.3. The summed E-state index contributed by atoms with van der Waals surface area (Å²) in [4.78, 5) is 12.3. The van der Waals surface area contributed by atoms with Crippen molar-refractivity contribution in [1.82, 2.24) is 5.32 Å². The summed E-state index contributed by atoms with van der Waals surface area (Å²) in [6.45, 7) is -0.0265. The van der Waals surface area contributed by atoms with Crippen molar-refractivity contribution in [3.63, 3.8) is 0 Å². The van der Waals surface area contributed by atoms with E-state index in [-0.39, 0.29) is 24.9 Å². The van der Waals surface area contributed by atoms with Gasteiger partial charge in [-0.05, 0) is 33.9 Å². The van der Waals surface area contributed by atoms with Crippen LogP contribution in [0.5, 0.6) is 0 Å². The van der Waals surface area contributed by atoms with E-state index < -0.39 is 18.3 Å². The van der Waals surface area contributed by atoms with Gasteiger partial charge in [0.1, 0.15) is 24.7 Å². The van der Waals surface area contributed by atoms with Crippen LogP contribution in [0.3, 0.4) is 0 Å². The van der Waals surface area contributed by atoms with E-state index in [1.54, 1.807) is 18.2 Å². The zero-order valence-corrected chi connectivity index (χ0v) is 17.4. The molecule has 7 nitrogen and oxygen atoms in total. The molecule has 0 saturated heterocycles. The molecule has 1 amide bonds. The normalized spacial score (nSPS) is 14.2. The van der Waals surface area contributed by atoms with Gasteiger partial charge in [-0.1, -0.05) is 66.7 Å². The molecule has 3 aromatic rings. The number of amidine groups is 1. The number of benzene rings is 3. The average Bonchev–Trinajstić information content (AvgIpc) is 3.14. The van der Waals surface area contributed by atoms with Crippen LogP contribution in [0.15, 0.2) is 72.8 Å². The molecule has 1 aliphatic rings. The number of ether oxygens (including phenoxy) is 1. The molecule has 0 saturated carbocycles. The zero-order valence-electron chi connectivity index (χ0n) is 17.4. The third-order valence-electron chi connectivity index (χ3n) is 5.70. The van der Waals surface area contributed by atoms with Crippen LogP contribution in [0.2, 0.25) is 0 Å². The zero-order chi connectivity index (χ0) is 22.7. The minimum Gasteiger partial charge on any atom is -0.449 e. The summed E-state index contributed by atoms with van der Waals surface area (Å²) in [5.41, 5.74) is 10.8. The average molecular weight is 431 g/mol. The lowest BCUT2D eigenvalue weighted by Gasteiger charge is -2.20. The Bertz CT molecular complexity index is 1100. The van der Waals surface area contributed by atoms with Crippen LogP contribution < -0.4 is 11.1 Å². The van der Waals surface area contributed by atoms with Gasteiger partial charge in [0.15, 0.2) is 0 Å². The highest BCUT2D eigenvalue weighted by Gasteiger charge is 2.29. The fraction of sp³-hybridized carbons (Fsp3) is 0.200. The maximum atomic E-state index is 12.3. The number of nitrogen functional groups attached to an aromatic ring is 1. The number of carbonyl (C=O) groups excluding carboxylic acids is 1. The molecule has 164 valence electrons. The highest BCUT2D eigenvalue weighted by atomic mass is 16.5. The van der Waals surface area contributed by atoms with E-state index in [9.17, 15) is 15.0 Å². The number of aliphatic hydroxyl groups excluding tert-OH is 2. The third-order valence-corrected chi connectivity index (χ3v) is 5.70. The Morgan fingerprint density at radius 3 is 2.25 bits per heavy atom. The van der Waals surface area contributed by atoms with E-state index in [1.165, 1.54) is 6.07 Å². The highest BCUT2D eigenvalue weighted by Crippen LogP contribution is 2.44. The Morgan fingerprint density at radius 2 is 1.62 bits per heavy atom. The predicted molar refractivity (Wildman–Crippen MR) is 121 cm³/mol. The van der Waals surface area contributed by atoms with Crippen molar-refractivity contribution in [3.8, 4) is 11.1 Å². The van der Waals surface area contributed by atoms with Gasteiger partial charge in [0.2, 0.25) is 0 Å². The minimum atomic E-state index is -1.25. The van der Waals surface area contributed by atoms with E-state index in [0.717, 1.165) is 22.3 Å². The molecular formula is C25H25N3O4. The summed E-state index contributed by atoms with van der Waals surface area (Å²) < 4.78 is 5.44. The number of aliphatic hydroxyl groups is 2. The SMILES string of the molecule is N=C(N)c1cccc(C(O)C(O)CNC(=O)OCC2c3ccccc3-c3ccccc32)c1. The number of hydrogen-bond acceptors (Lipinski definition) is 5. The minimum absolute atomic E-state index is 0.0574. The molecular weight excluding hydrogens is 406 g/mol. The largest absolute Gasteiger partial charge is 0.449 e. The summed E-state index contributed by atoms with van der Waals surface area (Å²) in [5.74, 6) is -0.191. The molecule has 0 aliphatic heterocycles. The number of alkyl carbamates (subject to hydrolysis) is 1. The monoisotopic (exact) mass is 431 g/mol. The van der Waals surface area contributed by atoms with E-state index in [0.29, 0.717) is 11.1 Å². The first-order chi connectivity index (χ1) is 15.5. The molecule has 7 heteroatoms. The maximum absolute atomic E-state index is 12.3. The van der Waals surface area contributed by atoms with Crippen LogP contribution in [-0.4, -0.2) is 41.4 Å². The molecule has 6 N–H and O–H groups in total. The number of carbonyl (C=O) groups is 1. The van der Waals surface area contributed by atoms with Crippen molar-refractivity contribution in [2.45, 2.75) is 18.1 Å². The van der Waals surface area contributed by atoms with Gasteiger partial charge in [0.25, 0.3) is 0 Å². The summed E-state index contributed by atoms with van der Waals surface area (Å²) in [7, 11) is 0. The standard InChI is InChI=1S/C25H25N3O4/c26-24(27)16-7-5-6-15(12-16)23(30)22(29)13-28-25(31)32-14-21-19-10-3-1-8-17(19)18-9-2-4-11-20(18)21/h1-12,21-23,29-30H,13-14H2,(H3,26,27)(H,28,31). The lowest BCUT2D eigenvalue weighted by Crippen LogP contribution is -2.36. The second-order valence-corrected chi connectivity index (χ2v) is 7.76. The topological polar surface area (TPSA) is 129 Å². The molecule has 0 aromatic heterocycles. The number of fused-ring (bicyclic) bond motifs is 3. The first-order valence-electron chi connectivity index (χ1n) is 10.3. The molecule has 0 radical (unpaired) electrons. The second-order valence-electron chi connectivity index (χ2n) is 7.76. The molecule has 1 aliphatic carbocycles. The van der Waals surface area contributed by atoms with Gasteiger partial charge in [0.05, 0.1) is 0 Å². The quantitative estimate of drug-likeness (QED) is 0.290. The smallest absolute Gasteiger partial charge is 0.407 e. The summed E-state index contributed by atoms with van der Waals surface area (Å²) >= 11 is 0. The molecule has 3 aromatic carbocycles. The Morgan fingerprint density at radius 1 is 1.00 bits per heavy atom. The van der Waals surface area contributed by atoms with Gasteiger partial charge in [-0.15, -0.1) is 0 Å². The second kappa shape index (κ2) is 9.21. The van der Waals surface area contributed by atoms with Crippen molar-refractivity contribution in [2.24, 2.45) is 5.73 Å². The molecule has 0 bridgehead atoms. The Labute approximate surface area is 186 Å². The molecule has 32 heavy (non-hydrogen) atoms. The molecule has 0 fully saturated rings. The van der Waals surface area contributed by atoms with Gasteiger partial charge >= 0.3 is 6.09 Å². The van der Waals surface area contributed by atoms with Gasteiger partial charge in [-0.2, -0.15) is 0 Å². The number of hydrogen-bond donors (Lipinski definition) is 5.